The van der Waals surface area contributed by atoms with E-state index in [1.54, 1.807) is 6.20 Å². The summed E-state index contributed by atoms with van der Waals surface area (Å²) >= 11 is 0. The van der Waals surface area contributed by atoms with Gasteiger partial charge in [-0.05, 0) is 39.3 Å². The average Bonchev–Trinajstić information content (AvgIpc) is 2.83. The first-order chi connectivity index (χ1) is 10.0. The minimum atomic E-state index is -0.0492. The van der Waals surface area contributed by atoms with Crippen LogP contribution in [-0.4, -0.2) is 21.7 Å². The van der Waals surface area contributed by atoms with Gasteiger partial charge in [0, 0.05) is 6.04 Å². The highest BCUT2D eigenvalue weighted by Gasteiger charge is 2.18. The van der Waals surface area contributed by atoms with E-state index in [1.807, 2.05) is 30.7 Å². The second kappa shape index (κ2) is 6.57. The molecule has 21 heavy (non-hydrogen) atoms. The van der Waals surface area contributed by atoms with Crippen LogP contribution in [0.4, 0.5) is 0 Å². The second-order valence-corrected chi connectivity index (χ2v) is 5.63. The molecule has 0 radical (unpaired) electrons. The Hall–Kier alpha value is -2.10. The first kappa shape index (κ1) is 15.3. The molecule has 112 valence electrons. The fourth-order valence-corrected chi connectivity index (χ4v) is 2.29. The molecule has 2 rings (SSSR count). The summed E-state index contributed by atoms with van der Waals surface area (Å²) in [5.41, 5.74) is 3.85. The molecule has 1 N–H and O–H groups in total. The molecular weight excluding hydrogens is 262 g/mol. The summed E-state index contributed by atoms with van der Waals surface area (Å²) in [5, 5.41) is 7.36. The number of carbonyl (C=O) groups excluding carboxylic acids is 1. The van der Waals surface area contributed by atoms with E-state index in [0.29, 0.717) is 5.56 Å². The average molecular weight is 285 g/mol. The summed E-state index contributed by atoms with van der Waals surface area (Å²) in [6, 6.07) is 8.30. The Balaban J connectivity index is 2.41. The molecule has 4 nitrogen and oxygen atoms in total. The van der Waals surface area contributed by atoms with Crippen molar-refractivity contribution in [3.05, 3.63) is 47.3 Å². The lowest BCUT2D eigenvalue weighted by molar-refractivity contribution is 0.0942. The summed E-state index contributed by atoms with van der Waals surface area (Å²) in [6.45, 7) is 8.08. The number of aromatic nitrogens is 2. The zero-order valence-electron chi connectivity index (χ0n) is 13.2. The van der Waals surface area contributed by atoms with E-state index >= 15 is 0 Å². The summed E-state index contributed by atoms with van der Waals surface area (Å²) in [5.74, 6) is -0.0492. The zero-order chi connectivity index (χ0) is 15.4. The van der Waals surface area contributed by atoms with Gasteiger partial charge in [0.2, 0.25) is 0 Å². The lowest BCUT2D eigenvalue weighted by Gasteiger charge is -2.11. The van der Waals surface area contributed by atoms with Crippen molar-refractivity contribution < 1.29 is 4.79 Å². The van der Waals surface area contributed by atoms with Gasteiger partial charge in [0.15, 0.2) is 0 Å². The highest BCUT2D eigenvalue weighted by molar-refractivity contribution is 5.95. The van der Waals surface area contributed by atoms with Gasteiger partial charge in [-0.3, -0.25) is 4.79 Å². The van der Waals surface area contributed by atoms with E-state index < -0.39 is 0 Å². The summed E-state index contributed by atoms with van der Waals surface area (Å²) in [6.07, 6.45) is 3.47. The van der Waals surface area contributed by atoms with Gasteiger partial charge < -0.3 is 5.32 Å². The van der Waals surface area contributed by atoms with Gasteiger partial charge >= 0.3 is 0 Å². The Morgan fingerprint density at radius 3 is 2.52 bits per heavy atom. The lowest BCUT2D eigenvalue weighted by Crippen LogP contribution is -2.30. The first-order valence-electron chi connectivity index (χ1n) is 7.47. The van der Waals surface area contributed by atoms with Crippen LogP contribution in [0, 0.1) is 6.92 Å². The van der Waals surface area contributed by atoms with Crippen molar-refractivity contribution >= 4 is 5.91 Å². The van der Waals surface area contributed by atoms with Crippen molar-refractivity contribution in [2.45, 2.75) is 46.6 Å². The molecule has 0 bridgehead atoms. The lowest BCUT2D eigenvalue weighted by atomic mass is 10.1. The van der Waals surface area contributed by atoms with E-state index in [2.05, 4.69) is 36.4 Å². The topological polar surface area (TPSA) is 46.9 Å². The van der Waals surface area contributed by atoms with Gasteiger partial charge in [-0.25, -0.2) is 4.68 Å². The maximum atomic E-state index is 12.3. The number of nitrogens with zero attached hydrogens (tertiary/aromatic N) is 2. The van der Waals surface area contributed by atoms with Gasteiger partial charge in [-0.2, -0.15) is 5.10 Å². The SMILES string of the molecule is CCCc1c(C(=O)NC(C)C)cnn1-c1ccc(C)cc1. The maximum Gasteiger partial charge on any atom is 0.254 e. The molecule has 2 aromatic rings. The van der Waals surface area contributed by atoms with Crippen LogP contribution in [0.25, 0.3) is 5.69 Å². The van der Waals surface area contributed by atoms with Crippen molar-refractivity contribution in [3.8, 4) is 5.69 Å². The second-order valence-electron chi connectivity index (χ2n) is 5.63. The normalized spacial score (nSPS) is 10.9. The van der Waals surface area contributed by atoms with Crippen LogP contribution < -0.4 is 5.32 Å². The molecular formula is C17H23N3O. The third kappa shape index (κ3) is 3.51. The van der Waals surface area contributed by atoms with Gasteiger partial charge in [0.25, 0.3) is 5.91 Å². The molecule has 0 unspecified atom stereocenters. The van der Waals surface area contributed by atoms with Crippen LogP contribution >= 0.6 is 0 Å². The highest BCUT2D eigenvalue weighted by Crippen LogP contribution is 2.17. The number of amides is 1. The number of hydrogen-bond acceptors (Lipinski definition) is 2. The Labute approximate surface area is 126 Å². The molecule has 1 heterocycles. The Morgan fingerprint density at radius 1 is 1.29 bits per heavy atom. The number of benzene rings is 1. The van der Waals surface area contributed by atoms with Crippen LogP contribution in [0.3, 0.4) is 0 Å². The number of rotatable bonds is 5. The van der Waals surface area contributed by atoms with Gasteiger partial charge in [0.1, 0.15) is 0 Å². The third-order valence-electron chi connectivity index (χ3n) is 3.30. The van der Waals surface area contributed by atoms with E-state index in [9.17, 15) is 4.79 Å². The zero-order valence-corrected chi connectivity index (χ0v) is 13.2. The monoisotopic (exact) mass is 285 g/mol. The largest absolute Gasteiger partial charge is 0.350 e. The first-order valence-corrected chi connectivity index (χ1v) is 7.47. The summed E-state index contributed by atoms with van der Waals surface area (Å²) in [7, 11) is 0. The third-order valence-corrected chi connectivity index (χ3v) is 3.30. The minimum Gasteiger partial charge on any atom is -0.350 e. The number of nitrogens with one attached hydrogen (secondary N) is 1. The van der Waals surface area contributed by atoms with Crippen molar-refractivity contribution in [2.75, 3.05) is 0 Å². The summed E-state index contributed by atoms with van der Waals surface area (Å²) in [4.78, 5) is 12.3. The fraction of sp³-hybridized carbons (Fsp3) is 0.412. The van der Waals surface area contributed by atoms with Gasteiger partial charge in [-0.1, -0.05) is 31.0 Å². The Bertz CT molecular complexity index is 611. The molecule has 1 aromatic heterocycles. The number of hydrogen-bond donors (Lipinski definition) is 1. The quantitative estimate of drug-likeness (QED) is 0.916. The Morgan fingerprint density at radius 2 is 1.95 bits per heavy atom. The smallest absolute Gasteiger partial charge is 0.254 e. The van der Waals surface area contributed by atoms with Crippen molar-refractivity contribution in [2.24, 2.45) is 0 Å². The molecule has 0 atom stereocenters. The molecule has 0 spiro atoms. The highest BCUT2D eigenvalue weighted by atomic mass is 16.1. The number of aryl methyl sites for hydroxylation is 1. The van der Waals surface area contributed by atoms with Crippen LogP contribution in [-0.2, 0) is 6.42 Å². The predicted octanol–water partition coefficient (Wildman–Crippen LogP) is 3.27. The maximum absolute atomic E-state index is 12.3. The molecule has 0 aliphatic rings. The van der Waals surface area contributed by atoms with Crippen molar-refractivity contribution in [3.63, 3.8) is 0 Å². The van der Waals surface area contributed by atoms with Gasteiger partial charge in [-0.15, -0.1) is 0 Å². The van der Waals surface area contributed by atoms with E-state index in [1.165, 1.54) is 5.56 Å². The predicted molar refractivity (Wildman–Crippen MR) is 84.9 cm³/mol. The van der Waals surface area contributed by atoms with Crippen LogP contribution in [0.15, 0.2) is 30.5 Å². The van der Waals surface area contributed by atoms with Crippen LogP contribution in [0.5, 0.6) is 0 Å². The molecule has 0 fully saturated rings. The van der Waals surface area contributed by atoms with Crippen LogP contribution in [0.1, 0.15) is 48.8 Å². The minimum absolute atomic E-state index is 0.0492. The summed E-state index contributed by atoms with van der Waals surface area (Å²) < 4.78 is 1.87. The van der Waals surface area contributed by atoms with Crippen molar-refractivity contribution in [1.82, 2.24) is 15.1 Å². The fourth-order valence-electron chi connectivity index (χ4n) is 2.29. The molecule has 0 saturated carbocycles. The Kier molecular flexibility index (Phi) is 4.78. The molecule has 0 aliphatic carbocycles. The van der Waals surface area contributed by atoms with Crippen LogP contribution in [0.2, 0.25) is 0 Å². The molecule has 0 aliphatic heterocycles. The molecule has 1 aromatic carbocycles. The molecule has 1 amide bonds. The number of carbonyl (C=O) groups is 1. The van der Waals surface area contributed by atoms with E-state index in [4.69, 9.17) is 0 Å². The molecule has 4 heteroatoms. The molecule has 0 saturated heterocycles. The van der Waals surface area contributed by atoms with E-state index in [0.717, 1.165) is 24.2 Å². The standard InChI is InChI=1S/C17H23N3O/c1-5-6-16-15(17(21)19-12(2)3)11-18-20(16)14-9-7-13(4)8-10-14/h7-12H,5-6H2,1-4H3,(H,19,21). The van der Waals surface area contributed by atoms with Gasteiger partial charge in [0.05, 0.1) is 23.1 Å². The van der Waals surface area contributed by atoms with Crippen molar-refractivity contribution in [1.29, 1.82) is 0 Å². The van der Waals surface area contributed by atoms with E-state index in [-0.39, 0.29) is 11.9 Å².